The molecule has 0 radical (unpaired) electrons. The molecule has 0 amide bonds. The number of halogens is 1. The number of benzene rings is 1. The molecular formula is C20H18FN3O2. The van der Waals surface area contributed by atoms with E-state index in [-0.39, 0.29) is 11.3 Å². The predicted molar refractivity (Wildman–Crippen MR) is 95.4 cm³/mol. The number of pyridine rings is 1. The highest BCUT2D eigenvalue weighted by Gasteiger charge is 2.35. The van der Waals surface area contributed by atoms with Gasteiger partial charge >= 0.3 is 0 Å². The molecule has 5 nitrogen and oxygen atoms in total. The summed E-state index contributed by atoms with van der Waals surface area (Å²) in [5.41, 5.74) is 2.99. The molecule has 0 fully saturated rings. The molecule has 0 saturated carbocycles. The molecule has 3 rings (SSSR count). The average molecular weight is 351 g/mol. The van der Waals surface area contributed by atoms with Crippen LogP contribution in [0.1, 0.15) is 43.4 Å². The monoisotopic (exact) mass is 351 g/mol. The Balaban J connectivity index is 2.30. The number of rotatable bonds is 4. The molecule has 0 saturated heterocycles. The number of aromatic nitrogens is 1. The topological polar surface area (TPSA) is 75.0 Å². The minimum absolute atomic E-state index is 0.166. The summed E-state index contributed by atoms with van der Waals surface area (Å²) >= 11 is 0. The fourth-order valence-electron chi connectivity index (χ4n) is 3.33. The van der Waals surface area contributed by atoms with Crippen LogP contribution in [-0.4, -0.2) is 17.4 Å². The molecule has 1 aliphatic rings. The predicted octanol–water partition coefficient (Wildman–Crippen LogP) is 3.91. The van der Waals surface area contributed by atoms with Gasteiger partial charge in [-0.2, -0.15) is 5.26 Å². The zero-order valence-electron chi connectivity index (χ0n) is 14.8. The smallest absolute Gasteiger partial charge is 0.219 e. The Hall–Kier alpha value is -3.20. The van der Waals surface area contributed by atoms with Crippen LogP contribution >= 0.6 is 0 Å². The number of Topliss-reactive ketones (excluding diaryl/α,β-unsaturated/α-hetero) is 1. The van der Waals surface area contributed by atoms with E-state index in [9.17, 15) is 9.18 Å². The van der Waals surface area contributed by atoms with Crippen molar-refractivity contribution in [1.82, 2.24) is 4.98 Å². The van der Waals surface area contributed by atoms with Gasteiger partial charge in [-0.05, 0) is 39.0 Å². The van der Waals surface area contributed by atoms with Crippen molar-refractivity contribution >= 4 is 11.5 Å². The van der Waals surface area contributed by atoms with Crippen LogP contribution in [0.5, 0.6) is 5.88 Å². The lowest BCUT2D eigenvalue weighted by Crippen LogP contribution is -2.23. The van der Waals surface area contributed by atoms with Crippen LogP contribution in [0.4, 0.5) is 10.1 Å². The van der Waals surface area contributed by atoms with Crippen molar-refractivity contribution in [2.45, 2.75) is 26.7 Å². The third kappa shape index (κ3) is 2.93. The van der Waals surface area contributed by atoms with Crippen molar-refractivity contribution in [3.05, 3.63) is 64.2 Å². The number of hydrogen-bond donors (Lipinski definition) is 1. The SMILES string of the molecule is CCOc1nccc2c1C(c1ccc(C#N)cc1F)C(C(C)=O)=C(C)N2. The van der Waals surface area contributed by atoms with E-state index in [0.29, 0.717) is 34.9 Å². The van der Waals surface area contributed by atoms with Crippen LogP contribution in [0.15, 0.2) is 41.7 Å². The molecule has 1 aromatic carbocycles. The standard InChI is InChI=1S/C20H18FN3O2/c1-4-26-20-19-16(7-8-23-20)24-11(2)17(12(3)25)18(19)14-6-5-13(10-22)9-15(14)21/h5-9,18,24H,4H2,1-3H3. The Morgan fingerprint density at radius 2 is 2.19 bits per heavy atom. The van der Waals surface area contributed by atoms with Gasteiger partial charge in [-0.25, -0.2) is 9.37 Å². The zero-order chi connectivity index (χ0) is 18.8. The van der Waals surface area contributed by atoms with E-state index >= 15 is 0 Å². The number of allylic oxidation sites excluding steroid dienone is 2. The number of fused-ring (bicyclic) bond motifs is 1. The second-order valence-electron chi connectivity index (χ2n) is 6.01. The molecule has 1 atom stereocenters. The van der Waals surface area contributed by atoms with Gasteiger partial charge in [-0.3, -0.25) is 4.79 Å². The Morgan fingerprint density at radius 1 is 1.42 bits per heavy atom. The van der Waals surface area contributed by atoms with Gasteiger partial charge in [-0.1, -0.05) is 6.07 Å². The number of carbonyl (C=O) groups excluding carboxylic acids is 1. The number of carbonyl (C=O) groups is 1. The van der Waals surface area contributed by atoms with Gasteiger partial charge < -0.3 is 10.1 Å². The maximum atomic E-state index is 14.8. The second kappa shape index (κ2) is 6.96. The minimum atomic E-state index is -0.660. The summed E-state index contributed by atoms with van der Waals surface area (Å²) in [5, 5.41) is 12.2. The van der Waals surface area contributed by atoms with E-state index in [4.69, 9.17) is 10.00 Å². The zero-order valence-corrected chi connectivity index (χ0v) is 14.8. The van der Waals surface area contributed by atoms with Gasteiger partial charge in [0, 0.05) is 40.2 Å². The Morgan fingerprint density at radius 3 is 2.81 bits per heavy atom. The van der Waals surface area contributed by atoms with Crippen LogP contribution in [0, 0.1) is 17.1 Å². The number of anilines is 1. The van der Waals surface area contributed by atoms with Gasteiger partial charge in [0.1, 0.15) is 5.82 Å². The molecule has 6 heteroatoms. The summed E-state index contributed by atoms with van der Waals surface area (Å²) in [6, 6.07) is 7.97. The molecule has 1 aliphatic heterocycles. The molecule has 0 bridgehead atoms. The highest BCUT2D eigenvalue weighted by molar-refractivity contribution is 5.98. The highest BCUT2D eigenvalue weighted by Crippen LogP contribution is 2.46. The molecule has 1 N–H and O–H groups in total. The highest BCUT2D eigenvalue weighted by atomic mass is 19.1. The van der Waals surface area contributed by atoms with Crippen molar-refractivity contribution in [1.29, 1.82) is 5.26 Å². The van der Waals surface area contributed by atoms with Crippen molar-refractivity contribution in [2.75, 3.05) is 11.9 Å². The first-order valence-electron chi connectivity index (χ1n) is 8.27. The summed E-state index contributed by atoms with van der Waals surface area (Å²) in [5.74, 6) is -1.01. The lowest BCUT2D eigenvalue weighted by Gasteiger charge is -2.31. The second-order valence-corrected chi connectivity index (χ2v) is 6.01. The minimum Gasteiger partial charge on any atom is -0.478 e. The third-order valence-corrected chi connectivity index (χ3v) is 4.36. The molecule has 0 spiro atoms. The van der Waals surface area contributed by atoms with E-state index in [1.807, 2.05) is 13.0 Å². The fraction of sp³-hybridized carbons (Fsp3) is 0.250. The normalized spacial score (nSPS) is 15.7. The Bertz CT molecular complexity index is 960. The first-order valence-corrected chi connectivity index (χ1v) is 8.27. The average Bonchev–Trinajstić information content (AvgIpc) is 2.60. The first kappa shape index (κ1) is 17.6. The Labute approximate surface area is 151 Å². The molecule has 2 heterocycles. The number of nitrogens with one attached hydrogen (secondary N) is 1. The molecule has 2 aromatic rings. The lowest BCUT2D eigenvalue weighted by molar-refractivity contribution is -0.113. The Kier molecular flexibility index (Phi) is 4.72. The molecule has 26 heavy (non-hydrogen) atoms. The van der Waals surface area contributed by atoms with E-state index in [1.165, 1.54) is 13.0 Å². The van der Waals surface area contributed by atoms with E-state index in [1.54, 1.807) is 31.3 Å². The quantitative estimate of drug-likeness (QED) is 0.904. The van der Waals surface area contributed by atoms with Crippen LogP contribution in [-0.2, 0) is 4.79 Å². The van der Waals surface area contributed by atoms with Gasteiger partial charge in [0.25, 0.3) is 0 Å². The summed E-state index contributed by atoms with van der Waals surface area (Å²) in [6.07, 6.45) is 1.61. The fourth-order valence-corrected chi connectivity index (χ4v) is 3.33. The largest absolute Gasteiger partial charge is 0.478 e. The number of nitriles is 1. The maximum absolute atomic E-state index is 14.8. The van der Waals surface area contributed by atoms with Crippen molar-refractivity contribution in [3.8, 4) is 11.9 Å². The molecule has 0 aliphatic carbocycles. The molecular weight excluding hydrogens is 333 g/mol. The summed E-state index contributed by atoms with van der Waals surface area (Å²) in [7, 11) is 0. The van der Waals surface area contributed by atoms with E-state index in [0.717, 1.165) is 5.69 Å². The van der Waals surface area contributed by atoms with Gasteiger partial charge in [0.15, 0.2) is 5.78 Å². The molecule has 1 aromatic heterocycles. The van der Waals surface area contributed by atoms with Gasteiger partial charge in [0.2, 0.25) is 5.88 Å². The van der Waals surface area contributed by atoms with Crippen molar-refractivity contribution in [3.63, 3.8) is 0 Å². The van der Waals surface area contributed by atoms with E-state index < -0.39 is 11.7 Å². The van der Waals surface area contributed by atoms with Crippen LogP contribution in [0.2, 0.25) is 0 Å². The summed E-state index contributed by atoms with van der Waals surface area (Å²) in [4.78, 5) is 16.6. The summed E-state index contributed by atoms with van der Waals surface area (Å²) in [6.45, 7) is 5.47. The first-order chi connectivity index (χ1) is 12.5. The van der Waals surface area contributed by atoms with Gasteiger partial charge in [-0.15, -0.1) is 0 Å². The van der Waals surface area contributed by atoms with Crippen molar-refractivity contribution < 1.29 is 13.9 Å². The van der Waals surface area contributed by atoms with E-state index in [2.05, 4.69) is 10.3 Å². The van der Waals surface area contributed by atoms with Crippen molar-refractivity contribution in [2.24, 2.45) is 0 Å². The number of ketones is 1. The van der Waals surface area contributed by atoms with Gasteiger partial charge in [0.05, 0.1) is 18.2 Å². The molecule has 132 valence electrons. The van der Waals surface area contributed by atoms with Crippen LogP contribution in [0.3, 0.4) is 0 Å². The molecule has 1 unspecified atom stereocenters. The number of hydrogen-bond acceptors (Lipinski definition) is 5. The van der Waals surface area contributed by atoms with Crippen LogP contribution < -0.4 is 10.1 Å². The lowest BCUT2D eigenvalue weighted by atomic mass is 9.79. The van der Waals surface area contributed by atoms with Crippen LogP contribution in [0.25, 0.3) is 0 Å². The maximum Gasteiger partial charge on any atom is 0.219 e. The number of ether oxygens (including phenoxy) is 1. The third-order valence-electron chi connectivity index (χ3n) is 4.36. The summed E-state index contributed by atoms with van der Waals surface area (Å²) < 4.78 is 20.5. The number of nitrogens with zero attached hydrogens (tertiary/aromatic N) is 2.